The van der Waals surface area contributed by atoms with Crippen LogP contribution in [-0.2, 0) is 6.42 Å². The number of nitrogens with one attached hydrogen (secondary N) is 1. The molecule has 0 aliphatic carbocycles. The molecular formula is C13H15NO4. The second-order valence-electron chi connectivity index (χ2n) is 4.47. The van der Waals surface area contributed by atoms with Crippen LogP contribution >= 0.6 is 0 Å². The van der Waals surface area contributed by atoms with Crippen LogP contribution in [0.1, 0.15) is 40.1 Å². The smallest absolute Gasteiger partial charge is 0.336 e. The van der Waals surface area contributed by atoms with E-state index < -0.39 is 5.97 Å². The molecule has 0 spiro atoms. The lowest BCUT2D eigenvalue weighted by molar-refractivity contribution is 0.0694. The molecule has 2 rings (SSSR count). The average molecular weight is 249 g/mol. The number of hydrogen-bond acceptors (Lipinski definition) is 3. The van der Waals surface area contributed by atoms with Crippen molar-refractivity contribution >= 4 is 11.9 Å². The Morgan fingerprint density at radius 2 is 2.17 bits per heavy atom. The molecule has 0 atom stereocenters. The Balaban J connectivity index is 2.54. The van der Waals surface area contributed by atoms with Crippen LogP contribution < -0.4 is 10.1 Å². The first-order valence-corrected chi connectivity index (χ1v) is 5.84. The molecule has 0 fully saturated rings. The van der Waals surface area contributed by atoms with E-state index in [1.54, 1.807) is 6.07 Å². The van der Waals surface area contributed by atoms with Gasteiger partial charge in [-0.3, -0.25) is 4.79 Å². The Bertz CT molecular complexity index is 491. The van der Waals surface area contributed by atoms with Gasteiger partial charge in [-0.15, -0.1) is 0 Å². The summed E-state index contributed by atoms with van der Waals surface area (Å²) in [4.78, 5) is 23.0. The number of ether oxygens (including phenoxy) is 1. The summed E-state index contributed by atoms with van der Waals surface area (Å²) in [6, 6.07) is 3.09. The van der Waals surface area contributed by atoms with E-state index in [0.29, 0.717) is 29.8 Å². The second kappa shape index (κ2) is 4.68. The molecule has 0 unspecified atom stereocenters. The summed E-state index contributed by atoms with van der Waals surface area (Å²) < 4.78 is 5.48. The summed E-state index contributed by atoms with van der Waals surface area (Å²) in [5.41, 5.74) is 1.14. The van der Waals surface area contributed by atoms with Crippen LogP contribution in [0.5, 0.6) is 5.75 Å². The summed E-state index contributed by atoms with van der Waals surface area (Å²) in [6.45, 7) is 4.16. The summed E-state index contributed by atoms with van der Waals surface area (Å²) >= 11 is 0. The van der Waals surface area contributed by atoms with Crippen LogP contribution in [-0.4, -0.2) is 29.6 Å². The molecule has 0 bridgehead atoms. The molecule has 5 nitrogen and oxygen atoms in total. The number of carbonyl (C=O) groups excluding carboxylic acids is 1. The number of carboxylic acid groups (broad SMARTS) is 1. The number of aromatic carboxylic acids is 1. The van der Waals surface area contributed by atoms with E-state index in [0.717, 1.165) is 0 Å². The van der Waals surface area contributed by atoms with Crippen LogP contribution in [0.4, 0.5) is 0 Å². The molecule has 1 aliphatic heterocycles. The Labute approximate surface area is 105 Å². The van der Waals surface area contributed by atoms with Gasteiger partial charge in [0.2, 0.25) is 0 Å². The lowest BCUT2D eigenvalue weighted by Crippen LogP contribution is -2.33. The molecule has 1 amide bonds. The maximum absolute atomic E-state index is 11.7. The first-order chi connectivity index (χ1) is 8.49. The van der Waals surface area contributed by atoms with Crippen molar-refractivity contribution in [3.8, 4) is 5.75 Å². The zero-order valence-corrected chi connectivity index (χ0v) is 10.3. The van der Waals surface area contributed by atoms with Gasteiger partial charge in [0.1, 0.15) is 5.75 Å². The SMILES string of the molecule is CC(C)Oc1cc(C(=O)O)c2c(c1)C(=O)NCC2. The molecule has 18 heavy (non-hydrogen) atoms. The van der Waals surface area contributed by atoms with E-state index in [2.05, 4.69) is 5.32 Å². The number of rotatable bonds is 3. The number of hydrogen-bond donors (Lipinski definition) is 2. The highest BCUT2D eigenvalue weighted by Gasteiger charge is 2.24. The first-order valence-electron chi connectivity index (χ1n) is 5.84. The molecule has 1 aromatic rings. The topological polar surface area (TPSA) is 75.6 Å². The fourth-order valence-corrected chi connectivity index (χ4v) is 2.04. The van der Waals surface area contributed by atoms with E-state index in [1.165, 1.54) is 6.07 Å². The van der Waals surface area contributed by atoms with Crippen LogP contribution in [0.15, 0.2) is 12.1 Å². The zero-order chi connectivity index (χ0) is 13.3. The molecule has 0 aromatic heterocycles. The van der Waals surface area contributed by atoms with E-state index in [-0.39, 0.29) is 17.6 Å². The Kier molecular flexibility index (Phi) is 3.23. The highest BCUT2D eigenvalue weighted by molar-refractivity contribution is 6.01. The van der Waals surface area contributed by atoms with Gasteiger partial charge < -0.3 is 15.2 Å². The lowest BCUT2D eigenvalue weighted by atomic mass is 9.94. The van der Waals surface area contributed by atoms with Gasteiger partial charge in [-0.2, -0.15) is 0 Å². The van der Waals surface area contributed by atoms with Crippen molar-refractivity contribution in [1.82, 2.24) is 5.32 Å². The van der Waals surface area contributed by atoms with Crippen molar-refractivity contribution in [2.75, 3.05) is 6.54 Å². The Morgan fingerprint density at radius 1 is 1.44 bits per heavy atom. The van der Waals surface area contributed by atoms with E-state index >= 15 is 0 Å². The minimum atomic E-state index is -1.03. The molecule has 0 saturated carbocycles. The third-order valence-electron chi connectivity index (χ3n) is 2.73. The van der Waals surface area contributed by atoms with E-state index in [4.69, 9.17) is 4.74 Å². The van der Waals surface area contributed by atoms with E-state index in [9.17, 15) is 14.7 Å². The summed E-state index contributed by atoms with van der Waals surface area (Å²) in [5.74, 6) is -0.860. The normalized spacial score (nSPS) is 14.1. The molecular weight excluding hydrogens is 234 g/mol. The highest BCUT2D eigenvalue weighted by Crippen LogP contribution is 2.26. The number of fused-ring (bicyclic) bond motifs is 1. The van der Waals surface area contributed by atoms with Crippen LogP contribution in [0.2, 0.25) is 0 Å². The minimum absolute atomic E-state index is 0.0728. The standard InChI is InChI=1S/C13H15NO4/c1-7(2)18-8-5-10-9(3-4-14-12(10)15)11(6-8)13(16)17/h5-7H,3-4H2,1-2H3,(H,14,15)(H,16,17). The van der Waals surface area contributed by atoms with Gasteiger partial charge in [-0.1, -0.05) is 0 Å². The monoisotopic (exact) mass is 249 g/mol. The fraction of sp³-hybridized carbons (Fsp3) is 0.385. The van der Waals surface area contributed by atoms with Gasteiger partial charge in [0.15, 0.2) is 0 Å². The van der Waals surface area contributed by atoms with E-state index in [1.807, 2.05) is 13.8 Å². The maximum atomic E-state index is 11.7. The van der Waals surface area contributed by atoms with Gasteiger partial charge in [-0.05, 0) is 38.0 Å². The maximum Gasteiger partial charge on any atom is 0.336 e. The van der Waals surface area contributed by atoms with Crippen molar-refractivity contribution < 1.29 is 19.4 Å². The Morgan fingerprint density at radius 3 is 2.78 bits per heavy atom. The first kappa shape index (κ1) is 12.4. The third kappa shape index (κ3) is 2.30. The van der Waals surface area contributed by atoms with Crippen LogP contribution in [0.3, 0.4) is 0 Å². The number of carboxylic acids is 1. The van der Waals surface area contributed by atoms with Gasteiger partial charge in [0.25, 0.3) is 5.91 Å². The van der Waals surface area contributed by atoms with Gasteiger partial charge in [0, 0.05) is 12.1 Å². The van der Waals surface area contributed by atoms with Crippen LogP contribution in [0, 0.1) is 0 Å². The Hall–Kier alpha value is -2.04. The summed E-state index contributed by atoms with van der Waals surface area (Å²) in [7, 11) is 0. The molecule has 96 valence electrons. The number of amides is 1. The quantitative estimate of drug-likeness (QED) is 0.850. The van der Waals surface area contributed by atoms with Crippen molar-refractivity contribution in [2.45, 2.75) is 26.4 Å². The predicted molar refractivity (Wildman–Crippen MR) is 65.2 cm³/mol. The largest absolute Gasteiger partial charge is 0.491 e. The second-order valence-corrected chi connectivity index (χ2v) is 4.47. The third-order valence-corrected chi connectivity index (χ3v) is 2.73. The van der Waals surface area contributed by atoms with Crippen molar-refractivity contribution in [3.63, 3.8) is 0 Å². The summed E-state index contributed by atoms with van der Waals surface area (Å²) in [6.07, 6.45) is 0.460. The molecule has 2 N–H and O–H groups in total. The lowest BCUT2D eigenvalue weighted by Gasteiger charge is -2.20. The summed E-state index contributed by atoms with van der Waals surface area (Å²) in [5, 5.41) is 11.9. The van der Waals surface area contributed by atoms with Crippen molar-refractivity contribution in [2.24, 2.45) is 0 Å². The average Bonchev–Trinajstić information content (AvgIpc) is 2.28. The highest BCUT2D eigenvalue weighted by atomic mass is 16.5. The predicted octanol–water partition coefficient (Wildman–Crippen LogP) is 1.46. The number of carbonyl (C=O) groups is 2. The molecule has 1 heterocycles. The molecule has 1 aliphatic rings. The van der Waals surface area contributed by atoms with Crippen LogP contribution in [0.25, 0.3) is 0 Å². The zero-order valence-electron chi connectivity index (χ0n) is 10.3. The molecule has 0 saturated heterocycles. The van der Waals surface area contributed by atoms with Gasteiger partial charge in [0.05, 0.1) is 11.7 Å². The minimum Gasteiger partial charge on any atom is -0.491 e. The fourth-order valence-electron chi connectivity index (χ4n) is 2.04. The van der Waals surface area contributed by atoms with Gasteiger partial charge >= 0.3 is 5.97 Å². The molecule has 1 aromatic carbocycles. The van der Waals surface area contributed by atoms with Crippen molar-refractivity contribution in [1.29, 1.82) is 0 Å². The van der Waals surface area contributed by atoms with Gasteiger partial charge in [-0.25, -0.2) is 4.79 Å². The number of benzene rings is 1. The van der Waals surface area contributed by atoms with Crippen molar-refractivity contribution in [3.05, 3.63) is 28.8 Å². The molecule has 5 heteroatoms. The molecule has 0 radical (unpaired) electrons.